The molecule has 1 fully saturated rings. The highest BCUT2D eigenvalue weighted by Gasteiger charge is 2.27. The molecule has 0 spiro atoms. The number of hydrogen-bond donors (Lipinski definition) is 0. The van der Waals surface area contributed by atoms with Gasteiger partial charge in [0, 0.05) is 62.8 Å². The number of methoxy groups -OCH3 is 1. The van der Waals surface area contributed by atoms with Crippen molar-refractivity contribution >= 4 is 22.6 Å². The van der Waals surface area contributed by atoms with E-state index < -0.39 is 0 Å². The predicted octanol–water partition coefficient (Wildman–Crippen LogP) is 3.43. The van der Waals surface area contributed by atoms with Gasteiger partial charge in [0.15, 0.2) is 0 Å². The van der Waals surface area contributed by atoms with E-state index in [1.54, 1.807) is 19.5 Å². The Morgan fingerprint density at radius 3 is 2.63 bits per heavy atom. The first-order valence-corrected chi connectivity index (χ1v) is 10.2. The van der Waals surface area contributed by atoms with Crippen LogP contribution in [0.4, 0.5) is 5.95 Å². The van der Waals surface area contributed by atoms with Crippen molar-refractivity contribution in [1.29, 1.82) is 0 Å². The molecule has 0 bridgehead atoms. The number of hydrogen-bond acceptors (Lipinski definition) is 6. The van der Waals surface area contributed by atoms with Crippen LogP contribution in [0.3, 0.4) is 0 Å². The van der Waals surface area contributed by atoms with Gasteiger partial charge in [-0.1, -0.05) is 0 Å². The monoisotopic (exact) mass is 405 g/mol. The molecule has 1 saturated heterocycles. The number of likely N-dealkylation sites (tertiary alicyclic amines) is 1. The van der Waals surface area contributed by atoms with E-state index in [9.17, 15) is 4.79 Å². The van der Waals surface area contributed by atoms with E-state index in [4.69, 9.17) is 9.72 Å². The summed E-state index contributed by atoms with van der Waals surface area (Å²) in [6, 6.07) is 6.16. The quantitative estimate of drug-likeness (QED) is 0.662. The molecule has 4 rings (SSSR count). The Morgan fingerprint density at radius 1 is 1.17 bits per heavy atom. The molecule has 2 aromatic heterocycles. The van der Waals surface area contributed by atoms with Gasteiger partial charge in [-0.25, -0.2) is 9.97 Å². The lowest BCUT2D eigenvalue weighted by Gasteiger charge is -2.32. The highest BCUT2D eigenvalue weighted by molar-refractivity contribution is 5.94. The predicted molar refractivity (Wildman–Crippen MR) is 117 cm³/mol. The van der Waals surface area contributed by atoms with E-state index in [-0.39, 0.29) is 11.8 Å². The SMILES string of the molecule is COc1ccc2cnc(C3CCCN(C(=O)c4cnc(N(C)C)nc4)C3)cc2c1C. The molecule has 1 unspecified atom stereocenters. The number of piperidine rings is 1. The van der Waals surface area contributed by atoms with Crippen molar-refractivity contribution in [1.82, 2.24) is 19.9 Å². The highest BCUT2D eigenvalue weighted by atomic mass is 16.5. The number of amides is 1. The Kier molecular flexibility index (Phi) is 5.53. The maximum atomic E-state index is 13.0. The molecule has 3 heterocycles. The molecule has 0 saturated carbocycles. The molecule has 7 heteroatoms. The molecule has 156 valence electrons. The smallest absolute Gasteiger partial charge is 0.257 e. The fourth-order valence-corrected chi connectivity index (χ4v) is 4.06. The number of carbonyl (C=O) groups is 1. The van der Waals surface area contributed by atoms with Crippen LogP contribution in [0.5, 0.6) is 5.75 Å². The Bertz CT molecular complexity index is 1070. The number of nitrogens with zero attached hydrogens (tertiary/aromatic N) is 5. The van der Waals surface area contributed by atoms with Crippen molar-refractivity contribution in [3.05, 3.63) is 53.6 Å². The standard InChI is InChI=1S/C23H27N5O2/c1-15-19-10-20(24-11-16(19)7-8-21(15)30-4)17-6-5-9-28(14-17)22(29)18-12-25-23(26-13-18)27(2)3/h7-8,10-13,17H,5-6,9,14H2,1-4H3. The van der Waals surface area contributed by atoms with E-state index >= 15 is 0 Å². The minimum Gasteiger partial charge on any atom is -0.496 e. The molecule has 1 aliphatic rings. The number of fused-ring (bicyclic) bond motifs is 1. The minimum atomic E-state index is -0.0244. The summed E-state index contributed by atoms with van der Waals surface area (Å²) in [5, 5.41) is 2.24. The highest BCUT2D eigenvalue weighted by Crippen LogP contribution is 2.32. The van der Waals surface area contributed by atoms with Gasteiger partial charge in [-0.2, -0.15) is 0 Å². The Hall–Kier alpha value is -3.22. The second-order valence-corrected chi connectivity index (χ2v) is 7.98. The van der Waals surface area contributed by atoms with Crippen LogP contribution >= 0.6 is 0 Å². The summed E-state index contributed by atoms with van der Waals surface area (Å²) in [6.07, 6.45) is 7.10. The van der Waals surface area contributed by atoms with Crippen molar-refractivity contribution < 1.29 is 9.53 Å². The first-order chi connectivity index (χ1) is 14.5. The maximum absolute atomic E-state index is 13.0. The van der Waals surface area contributed by atoms with E-state index in [0.29, 0.717) is 18.1 Å². The van der Waals surface area contributed by atoms with Crippen LogP contribution in [0.2, 0.25) is 0 Å². The molecular formula is C23H27N5O2. The van der Waals surface area contributed by atoms with E-state index in [0.717, 1.165) is 47.2 Å². The Balaban J connectivity index is 1.56. The van der Waals surface area contributed by atoms with Gasteiger partial charge >= 0.3 is 0 Å². The zero-order valence-corrected chi connectivity index (χ0v) is 17.9. The van der Waals surface area contributed by atoms with E-state index in [1.165, 1.54) is 0 Å². The molecule has 1 amide bonds. The van der Waals surface area contributed by atoms with Crippen LogP contribution in [0, 0.1) is 6.92 Å². The van der Waals surface area contributed by atoms with Crippen LogP contribution in [-0.2, 0) is 0 Å². The van der Waals surface area contributed by atoms with Gasteiger partial charge in [-0.15, -0.1) is 0 Å². The van der Waals surface area contributed by atoms with Gasteiger partial charge in [-0.3, -0.25) is 9.78 Å². The summed E-state index contributed by atoms with van der Waals surface area (Å²) in [5.41, 5.74) is 2.66. The third-order valence-corrected chi connectivity index (χ3v) is 5.78. The molecular weight excluding hydrogens is 378 g/mol. The molecule has 1 aromatic carbocycles. The molecule has 0 N–H and O–H groups in total. The van der Waals surface area contributed by atoms with Gasteiger partial charge < -0.3 is 14.5 Å². The van der Waals surface area contributed by atoms with Gasteiger partial charge in [0.25, 0.3) is 5.91 Å². The van der Waals surface area contributed by atoms with Crippen LogP contribution in [-0.4, -0.2) is 60.1 Å². The topological polar surface area (TPSA) is 71.5 Å². The summed E-state index contributed by atoms with van der Waals surface area (Å²) in [5.74, 6) is 1.65. The summed E-state index contributed by atoms with van der Waals surface area (Å²) in [4.78, 5) is 30.0. The lowest BCUT2D eigenvalue weighted by Crippen LogP contribution is -2.39. The Labute approximate surface area is 176 Å². The zero-order valence-electron chi connectivity index (χ0n) is 17.9. The number of anilines is 1. The first kappa shape index (κ1) is 20.1. The fraction of sp³-hybridized carbons (Fsp3) is 0.391. The molecule has 0 aliphatic carbocycles. The third-order valence-electron chi connectivity index (χ3n) is 5.78. The van der Waals surface area contributed by atoms with Gasteiger partial charge in [-0.05, 0) is 48.9 Å². The number of benzene rings is 1. The van der Waals surface area contributed by atoms with E-state index in [1.807, 2.05) is 42.2 Å². The summed E-state index contributed by atoms with van der Waals surface area (Å²) in [7, 11) is 5.44. The molecule has 0 radical (unpaired) electrons. The van der Waals surface area contributed by atoms with Crippen molar-refractivity contribution in [2.75, 3.05) is 39.2 Å². The van der Waals surface area contributed by atoms with Gasteiger partial charge in [0.05, 0.1) is 12.7 Å². The number of ether oxygens (including phenoxy) is 1. The zero-order chi connectivity index (χ0) is 21.3. The normalized spacial score (nSPS) is 16.5. The second kappa shape index (κ2) is 8.26. The van der Waals surface area contributed by atoms with Crippen molar-refractivity contribution in [2.24, 2.45) is 0 Å². The number of pyridine rings is 1. The summed E-state index contributed by atoms with van der Waals surface area (Å²) < 4.78 is 5.47. The molecule has 3 aromatic rings. The van der Waals surface area contributed by atoms with E-state index in [2.05, 4.69) is 23.0 Å². The van der Waals surface area contributed by atoms with Crippen LogP contribution in [0.1, 0.15) is 40.4 Å². The fourth-order valence-electron chi connectivity index (χ4n) is 4.06. The van der Waals surface area contributed by atoms with Crippen LogP contribution < -0.4 is 9.64 Å². The van der Waals surface area contributed by atoms with Crippen LogP contribution in [0.15, 0.2) is 36.8 Å². The average Bonchev–Trinajstić information content (AvgIpc) is 2.79. The third kappa shape index (κ3) is 3.79. The largest absolute Gasteiger partial charge is 0.496 e. The van der Waals surface area contributed by atoms with Crippen molar-refractivity contribution in [3.8, 4) is 5.75 Å². The summed E-state index contributed by atoms with van der Waals surface area (Å²) >= 11 is 0. The molecule has 1 aliphatic heterocycles. The lowest BCUT2D eigenvalue weighted by atomic mass is 9.92. The van der Waals surface area contributed by atoms with Crippen molar-refractivity contribution in [3.63, 3.8) is 0 Å². The maximum Gasteiger partial charge on any atom is 0.257 e. The van der Waals surface area contributed by atoms with Gasteiger partial charge in [0.2, 0.25) is 5.95 Å². The minimum absolute atomic E-state index is 0.0244. The van der Waals surface area contributed by atoms with Crippen molar-refractivity contribution in [2.45, 2.75) is 25.7 Å². The summed E-state index contributed by atoms with van der Waals surface area (Å²) in [6.45, 7) is 3.46. The second-order valence-electron chi connectivity index (χ2n) is 7.98. The Morgan fingerprint density at radius 2 is 1.93 bits per heavy atom. The average molecular weight is 406 g/mol. The molecule has 7 nitrogen and oxygen atoms in total. The number of aromatic nitrogens is 3. The molecule has 1 atom stereocenters. The van der Waals surface area contributed by atoms with Crippen LogP contribution in [0.25, 0.3) is 10.8 Å². The van der Waals surface area contributed by atoms with Gasteiger partial charge in [0.1, 0.15) is 5.75 Å². The lowest BCUT2D eigenvalue weighted by molar-refractivity contribution is 0.0705. The number of aryl methyl sites for hydroxylation is 1. The molecule has 30 heavy (non-hydrogen) atoms. The number of carbonyl (C=O) groups excluding carboxylic acids is 1. The first-order valence-electron chi connectivity index (χ1n) is 10.2. The number of rotatable bonds is 4.